The second kappa shape index (κ2) is 5.63. The van der Waals surface area contributed by atoms with Crippen LogP contribution in [0.2, 0.25) is 0 Å². The first-order valence-corrected chi connectivity index (χ1v) is 7.73. The lowest BCUT2D eigenvalue weighted by Crippen LogP contribution is -2.38. The van der Waals surface area contributed by atoms with Crippen molar-refractivity contribution >= 4 is 17.3 Å². The number of fused-ring (bicyclic) bond motifs is 1. The van der Waals surface area contributed by atoms with Gasteiger partial charge in [-0.3, -0.25) is 10.1 Å². The maximum Gasteiger partial charge on any atom is 0.323 e. The highest BCUT2D eigenvalue weighted by atomic mass is 32.1. The number of nitrogens with one attached hydrogen (secondary N) is 1. The predicted octanol–water partition coefficient (Wildman–Crippen LogP) is 3.06. The fourth-order valence-corrected chi connectivity index (χ4v) is 3.42. The Kier molecular flexibility index (Phi) is 4.31. The summed E-state index contributed by atoms with van der Waals surface area (Å²) < 4.78 is 5.35. The lowest BCUT2D eigenvalue weighted by Gasteiger charge is -2.22. The molecule has 0 aromatic carbocycles. The molecule has 0 saturated carbocycles. The Balaban J connectivity index is 1.82. The molecule has 0 saturated heterocycles. The summed E-state index contributed by atoms with van der Waals surface area (Å²) in [6.45, 7) is 8.28. The molecule has 0 radical (unpaired) electrons. The van der Waals surface area contributed by atoms with Gasteiger partial charge in [0.25, 0.3) is 0 Å². The molecule has 1 heterocycles. The SMILES string of the molecule is CC(NCc1cc2c(s1)CCC2)C(=O)OC(C)(C)C. The fraction of sp³-hybridized carbons (Fsp3) is 0.667. The van der Waals surface area contributed by atoms with Gasteiger partial charge in [0.05, 0.1) is 0 Å². The number of rotatable bonds is 4. The van der Waals surface area contributed by atoms with E-state index in [1.54, 1.807) is 0 Å². The van der Waals surface area contributed by atoms with Crippen molar-refractivity contribution in [3.05, 3.63) is 21.4 Å². The Morgan fingerprint density at radius 2 is 2.21 bits per heavy atom. The monoisotopic (exact) mass is 281 g/mol. The average Bonchev–Trinajstić information content (AvgIpc) is 2.83. The van der Waals surface area contributed by atoms with Gasteiger partial charge in [-0.05, 0) is 58.6 Å². The molecule has 19 heavy (non-hydrogen) atoms. The third-order valence-electron chi connectivity index (χ3n) is 3.14. The van der Waals surface area contributed by atoms with Crippen LogP contribution in [0, 0.1) is 0 Å². The van der Waals surface area contributed by atoms with E-state index in [0.717, 1.165) is 6.54 Å². The van der Waals surface area contributed by atoms with Gasteiger partial charge in [0.1, 0.15) is 11.6 Å². The average molecular weight is 281 g/mol. The Bertz CT molecular complexity index is 438. The van der Waals surface area contributed by atoms with Crippen LogP contribution in [0.3, 0.4) is 0 Å². The molecule has 4 heteroatoms. The predicted molar refractivity (Wildman–Crippen MR) is 78.5 cm³/mol. The minimum atomic E-state index is -0.420. The molecular formula is C15H23NO2S. The van der Waals surface area contributed by atoms with E-state index in [9.17, 15) is 4.79 Å². The van der Waals surface area contributed by atoms with Crippen LogP contribution in [0.25, 0.3) is 0 Å². The van der Waals surface area contributed by atoms with Gasteiger partial charge in [0.15, 0.2) is 0 Å². The number of esters is 1. The largest absolute Gasteiger partial charge is 0.459 e. The van der Waals surface area contributed by atoms with Crippen molar-refractivity contribution in [2.45, 2.75) is 65.1 Å². The maximum atomic E-state index is 11.8. The van der Waals surface area contributed by atoms with E-state index in [0.29, 0.717) is 0 Å². The standard InChI is InChI=1S/C15H23NO2S/c1-10(14(17)18-15(2,3)4)16-9-12-8-11-6-5-7-13(11)19-12/h8,10,16H,5-7,9H2,1-4H3. The van der Waals surface area contributed by atoms with E-state index in [1.807, 2.05) is 39.0 Å². The van der Waals surface area contributed by atoms with Crippen LogP contribution in [-0.4, -0.2) is 17.6 Å². The summed E-state index contributed by atoms with van der Waals surface area (Å²) in [7, 11) is 0. The lowest BCUT2D eigenvalue weighted by molar-refractivity contribution is -0.157. The highest BCUT2D eigenvalue weighted by Crippen LogP contribution is 2.30. The Labute approximate surface area is 119 Å². The van der Waals surface area contributed by atoms with Crippen molar-refractivity contribution < 1.29 is 9.53 Å². The number of aryl methyl sites for hydroxylation is 2. The smallest absolute Gasteiger partial charge is 0.323 e. The molecule has 0 bridgehead atoms. The summed E-state index contributed by atoms with van der Waals surface area (Å²) in [5, 5.41) is 3.25. The van der Waals surface area contributed by atoms with Crippen molar-refractivity contribution in [3.63, 3.8) is 0 Å². The molecule has 106 valence electrons. The molecule has 1 aromatic heterocycles. The van der Waals surface area contributed by atoms with Gasteiger partial charge in [0.2, 0.25) is 0 Å². The topological polar surface area (TPSA) is 38.3 Å². The van der Waals surface area contributed by atoms with Gasteiger partial charge in [-0.1, -0.05) is 0 Å². The Hall–Kier alpha value is -0.870. The van der Waals surface area contributed by atoms with Crippen LogP contribution >= 0.6 is 11.3 Å². The number of carbonyl (C=O) groups is 1. The maximum absolute atomic E-state index is 11.8. The van der Waals surface area contributed by atoms with E-state index in [1.165, 1.54) is 34.6 Å². The zero-order chi connectivity index (χ0) is 14.0. The lowest BCUT2D eigenvalue weighted by atomic mass is 10.2. The van der Waals surface area contributed by atoms with Gasteiger partial charge in [-0.15, -0.1) is 11.3 Å². The third kappa shape index (κ3) is 4.05. The molecule has 0 amide bonds. The second-order valence-electron chi connectivity index (χ2n) is 6.15. The molecule has 0 spiro atoms. The van der Waals surface area contributed by atoms with E-state index in [2.05, 4.69) is 11.4 Å². The van der Waals surface area contributed by atoms with Crippen molar-refractivity contribution in [1.29, 1.82) is 0 Å². The molecule has 1 aliphatic carbocycles. The van der Waals surface area contributed by atoms with Crippen LogP contribution in [0.4, 0.5) is 0 Å². The van der Waals surface area contributed by atoms with Gasteiger partial charge in [-0.25, -0.2) is 0 Å². The third-order valence-corrected chi connectivity index (χ3v) is 4.38. The quantitative estimate of drug-likeness (QED) is 0.862. The molecule has 1 N–H and O–H groups in total. The van der Waals surface area contributed by atoms with Crippen molar-refractivity contribution in [3.8, 4) is 0 Å². The van der Waals surface area contributed by atoms with E-state index in [4.69, 9.17) is 4.74 Å². The summed E-state index contributed by atoms with van der Waals surface area (Å²) in [6, 6.07) is 2.01. The second-order valence-corrected chi connectivity index (χ2v) is 7.37. The summed E-state index contributed by atoms with van der Waals surface area (Å²) in [5.41, 5.74) is 1.09. The fourth-order valence-electron chi connectivity index (χ4n) is 2.20. The van der Waals surface area contributed by atoms with Gasteiger partial charge < -0.3 is 4.74 Å². The first kappa shape index (κ1) is 14.5. The molecule has 1 aliphatic rings. The number of hydrogen-bond acceptors (Lipinski definition) is 4. The van der Waals surface area contributed by atoms with Crippen LogP contribution in [0.5, 0.6) is 0 Å². The molecule has 2 rings (SSSR count). The van der Waals surface area contributed by atoms with Crippen molar-refractivity contribution in [2.75, 3.05) is 0 Å². The summed E-state index contributed by atoms with van der Waals surface area (Å²) >= 11 is 1.87. The van der Waals surface area contributed by atoms with Crippen molar-refractivity contribution in [2.24, 2.45) is 0 Å². The number of ether oxygens (including phenoxy) is 1. The van der Waals surface area contributed by atoms with Gasteiger partial charge in [0, 0.05) is 16.3 Å². The molecule has 1 unspecified atom stereocenters. The van der Waals surface area contributed by atoms with E-state index >= 15 is 0 Å². The molecular weight excluding hydrogens is 258 g/mol. The van der Waals surface area contributed by atoms with Crippen LogP contribution < -0.4 is 5.32 Å². The molecule has 0 fully saturated rings. The Morgan fingerprint density at radius 3 is 2.84 bits per heavy atom. The van der Waals surface area contributed by atoms with Crippen LogP contribution in [0.1, 0.15) is 49.4 Å². The highest BCUT2D eigenvalue weighted by Gasteiger charge is 2.22. The number of hydrogen-bond donors (Lipinski definition) is 1. The van der Waals surface area contributed by atoms with Crippen LogP contribution in [0.15, 0.2) is 6.07 Å². The minimum absolute atomic E-state index is 0.184. The first-order chi connectivity index (χ1) is 8.85. The normalized spacial score (nSPS) is 16.2. The number of thiophene rings is 1. The zero-order valence-corrected chi connectivity index (χ0v) is 13.0. The van der Waals surface area contributed by atoms with Gasteiger partial charge >= 0.3 is 5.97 Å². The molecule has 1 aromatic rings. The van der Waals surface area contributed by atoms with Crippen LogP contribution in [-0.2, 0) is 28.9 Å². The number of carbonyl (C=O) groups excluding carboxylic acids is 1. The van der Waals surface area contributed by atoms with Crippen molar-refractivity contribution in [1.82, 2.24) is 5.32 Å². The van der Waals surface area contributed by atoms with E-state index < -0.39 is 5.60 Å². The molecule has 1 atom stereocenters. The zero-order valence-electron chi connectivity index (χ0n) is 12.2. The Morgan fingerprint density at radius 1 is 1.47 bits per heavy atom. The highest BCUT2D eigenvalue weighted by molar-refractivity contribution is 7.12. The minimum Gasteiger partial charge on any atom is -0.459 e. The summed E-state index contributed by atoms with van der Waals surface area (Å²) in [4.78, 5) is 14.7. The summed E-state index contributed by atoms with van der Waals surface area (Å²) in [5.74, 6) is -0.184. The summed E-state index contributed by atoms with van der Waals surface area (Å²) in [6.07, 6.45) is 3.73. The molecule has 0 aliphatic heterocycles. The molecule has 3 nitrogen and oxygen atoms in total. The first-order valence-electron chi connectivity index (χ1n) is 6.92. The van der Waals surface area contributed by atoms with E-state index in [-0.39, 0.29) is 12.0 Å². The van der Waals surface area contributed by atoms with Gasteiger partial charge in [-0.2, -0.15) is 0 Å².